The molecule has 0 unspecified atom stereocenters. The molecular formula is C7H4N6. The van der Waals surface area contributed by atoms with Gasteiger partial charge in [0.25, 0.3) is 0 Å². The van der Waals surface area contributed by atoms with Crippen molar-refractivity contribution in [1.82, 2.24) is 24.7 Å². The molecule has 0 fully saturated rings. The Morgan fingerprint density at radius 1 is 1.31 bits per heavy atom. The number of aromatic nitrogens is 5. The normalized spacial score (nSPS) is 9.46. The van der Waals surface area contributed by atoms with Crippen LogP contribution >= 0.6 is 0 Å². The minimum Gasteiger partial charge on any atom is -0.225 e. The third kappa shape index (κ3) is 1.35. The molecule has 0 amide bonds. The molecule has 62 valence electrons. The first kappa shape index (κ1) is 7.36. The van der Waals surface area contributed by atoms with Crippen molar-refractivity contribution in [2.45, 2.75) is 0 Å². The Bertz CT molecular complexity index is 440. The lowest BCUT2D eigenvalue weighted by molar-refractivity contribution is 0.836. The monoisotopic (exact) mass is 172 g/mol. The standard InChI is InChI=1S/C7H4N6/c8-2-6-1-7(11-4-10-6)13-5-9-3-12-13/h1,3-5H. The van der Waals surface area contributed by atoms with Crippen LogP contribution in [0.15, 0.2) is 25.0 Å². The van der Waals surface area contributed by atoms with Gasteiger partial charge in [-0.2, -0.15) is 10.4 Å². The van der Waals surface area contributed by atoms with Crippen molar-refractivity contribution in [2.75, 3.05) is 0 Å². The summed E-state index contributed by atoms with van der Waals surface area (Å²) in [6.07, 6.45) is 4.22. The van der Waals surface area contributed by atoms with Gasteiger partial charge in [-0.05, 0) is 0 Å². The van der Waals surface area contributed by atoms with Crippen LogP contribution in [0.2, 0.25) is 0 Å². The molecule has 0 atom stereocenters. The van der Waals surface area contributed by atoms with Gasteiger partial charge in [0.15, 0.2) is 5.82 Å². The highest BCUT2D eigenvalue weighted by molar-refractivity contribution is 5.28. The summed E-state index contributed by atoms with van der Waals surface area (Å²) < 4.78 is 1.46. The average Bonchev–Trinajstić information content (AvgIpc) is 2.71. The second-order valence-corrected chi connectivity index (χ2v) is 2.21. The Labute approximate surface area is 73.5 Å². The largest absolute Gasteiger partial charge is 0.225 e. The maximum atomic E-state index is 8.57. The first-order valence-electron chi connectivity index (χ1n) is 3.47. The van der Waals surface area contributed by atoms with Gasteiger partial charge in [0.1, 0.15) is 30.7 Å². The van der Waals surface area contributed by atoms with E-state index >= 15 is 0 Å². The Morgan fingerprint density at radius 2 is 2.23 bits per heavy atom. The van der Waals surface area contributed by atoms with Crippen LogP contribution in [0.1, 0.15) is 5.69 Å². The Hall–Kier alpha value is -2.29. The van der Waals surface area contributed by atoms with Crippen molar-refractivity contribution < 1.29 is 0 Å². The molecule has 2 aromatic rings. The molecule has 6 nitrogen and oxygen atoms in total. The Morgan fingerprint density at radius 3 is 2.92 bits per heavy atom. The summed E-state index contributed by atoms with van der Waals surface area (Å²) in [5.41, 5.74) is 0.306. The Kier molecular flexibility index (Phi) is 1.69. The van der Waals surface area contributed by atoms with Crippen LogP contribution in [-0.2, 0) is 0 Å². The predicted molar refractivity (Wildman–Crippen MR) is 41.7 cm³/mol. The molecule has 0 N–H and O–H groups in total. The highest BCUT2D eigenvalue weighted by Gasteiger charge is 1.99. The molecule has 0 aliphatic rings. The van der Waals surface area contributed by atoms with Crippen molar-refractivity contribution >= 4 is 0 Å². The zero-order chi connectivity index (χ0) is 9.10. The fourth-order valence-electron chi connectivity index (χ4n) is 0.860. The first-order chi connectivity index (χ1) is 6.40. The summed E-state index contributed by atoms with van der Waals surface area (Å²) in [6, 6.07) is 3.45. The summed E-state index contributed by atoms with van der Waals surface area (Å²) in [5.74, 6) is 0.532. The topological polar surface area (TPSA) is 80.3 Å². The minimum absolute atomic E-state index is 0.306. The van der Waals surface area contributed by atoms with Crippen molar-refractivity contribution in [2.24, 2.45) is 0 Å². The second kappa shape index (κ2) is 2.98. The van der Waals surface area contributed by atoms with E-state index in [9.17, 15) is 0 Å². The van der Waals surface area contributed by atoms with E-state index in [2.05, 4.69) is 20.1 Å². The zero-order valence-electron chi connectivity index (χ0n) is 6.49. The van der Waals surface area contributed by atoms with E-state index in [1.807, 2.05) is 6.07 Å². The van der Waals surface area contributed by atoms with E-state index in [4.69, 9.17) is 5.26 Å². The molecule has 0 spiro atoms. The van der Waals surface area contributed by atoms with Crippen molar-refractivity contribution in [3.05, 3.63) is 30.7 Å². The molecule has 0 saturated heterocycles. The maximum absolute atomic E-state index is 8.57. The Balaban J connectivity index is 2.49. The quantitative estimate of drug-likeness (QED) is 0.601. The van der Waals surface area contributed by atoms with E-state index in [0.29, 0.717) is 11.5 Å². The smallest absolute Gasteiger partial charge is 0.159 e. The van der Waals surface area contributed by atoms with Gasteiger partial charge in [-0.3, -0.25) is 0 Å². The van der Waals surface area contributed by atoms with Gasteiger partial charge in [-0.1, -0.05) is 0 Å². The molecule has 2 heterocycles. The van der Waals surface area contributed by atoms with E-state index in [0.717, 1.165) is 0 Å². The third-order valence-electron chi connectivity index (χ3n) is 1.42. The second-order valence-electron chi connectivity index (χ2n) is 2.21. The van der Waals surface area contributed by atoms with Gasteiger partial charge in [-0.25, -0.2) is 19.6 Å². The fourth-order valence-corrected chi connectivity index (χ4v) is 0.860. The zero-order valence-corrected chi connectivity index (χ0v) is 6.49. The van der Waals surface area contributed by atoms with Crippen LogP contribution in [0.25, 0.3) is 5.82 Å². The van der Waals surface area contributed by atoms with E-state index in [-0.39, 0.29) is 0 Å². The summed E-state index contributed by atoms with van der Waals surface area (Å²) in [5, 5.41) is 12.4. The molecule has 0 aromatic carbocycles. The van der Waals surface area contributed by atoms with Crippen molar-refractivity contribution in [3.63, 3.8) is 0 Å². The molecule has 6 heteroatoms. The molecule has 2 rings (SSSR count). The number of nitriles is 1. The highest BCUT2D eigenvalue weighted by atomic mass is 15.3. The number of rotatable bonds is 1. The fraction of sp³-hybridized carbons (Fsp3) is 0. The van der Waals surface area contributed by atoms with Gasteiger partial charge in [0.05, 0.1) is 0 Å². The molecular weight excluding hydrogens is 168 g/mol. The lowest BCUT2D eigenvalue weighted by Crippen LogP contribution is -1.99. The molecule has 0 radical (unpaired) electrons. The first-order valence-corrected chi connectivity index (χ1v) is 3.47. The third-order valence-corrected chi connectivity index (χ3v) is 1.42. The molecule has 0 aliphatic heterocycles. The SMILES string of the molecule is N#Cc1cc(-n2cncn2)ncn1. The van der Waals surface area contributed by atoms with Gasteiger partial charge in [0, 0.05) is 6.07 Å². The highest BCUT2D eigenvalue weighted by Crippen LogP contribution is 2.00. The van der Waals surface area contributed by atoms with Crippen molar-refractivity contribution in [3.8, 4) is 11.9 Å². The average molecular weight is 172 g/mol. The molecule has 2 aromatic heterocycles. The number of nitrogens with zero attached hydrogens (tertiary/aromatic N) is 6. The van der Waals surface area contributed by atoms with Crippen LogP contribution in [0.4, 0.5) is 0 Å². The van der Waals surface area contributed by atoms with E-state index in [1.54, 1.807) is 0 Å². The van der Waals surface area contributed by atoms with E-state index in [1.165, 1.54) is 29.7 Å². The lowest BCUT2D eigenvalue weighted by Gasteiger charge is -1.96. The summed E-state index contributed by atoms with van der Waals surface area (Å²) in [7, 11) is 0. The van der Waals surface area contributed by atoms with Crippen molar-refractivity contribution in [1.29, 1.82) is 5.26 Å². The van der Waals surface area contributed by atoms with Gasteiger partial charge in [0.2, 0.25) is 0 Å². The number of hydrogen-bond acceptors (Lipinski definition) is 5. The lowest BCUT2D eigenvalue weighted by atomic mass is 10.4. The van der Waals surface area contributed by atoms with E-state index < -0.39 is 0 Å². The van der Waals surface area contributed by atoms with Gasteiger partial charge < -0.3 is 0 Å². The number of hydrogen-bond donors (Lipinski definition) is 0. The summed E-state index contributed by atoms with van der Waals surface area (Å²) in [6.45, 7) is 0. The van der Waals surface area contributed by atoms with Crippen LogP contribution in [0.3, 0.4) is 0 Å². The van der Waals surface area contributed by atoms with Crippen LogP contribution in [0.5, 0.6) is 0 Å². The summed E-state index contributed by atoms with van der Waals surface area (Å²) in [4.78, 5) is 11.4. The molecule has 0 saturated carbocycles. The minimum atomic E-state index is 0.306. The van der Waals surface area contributed by atoms with Crippen LogP contribution in [-0.4, -0.2) is 24.7 Å². The van der Waals surface area contributed by atoms with Crippen LogP contribution in [0, 0.1) is 11.3 Å². The van der Waals surface area contributed by atoms with Gasteiger partial charge in [-0.15, -0.1) is 0 Å². The van der Waals surface area contributed by atoms with Gasteiger partial charge >= 0.3 is 0 Å². The molecule has 13 heavy (non-hydrogen) atoms. The molecule has 0 bridgehead atoms. The van der Waals surface area contributed by atoms with Crippen LogP contribution < -0.4 is 0 Å². The molecule has 0 aliphatic carbocycles. The maximum Gasteiger partial charge on any atom is 0.159 e. The summed E-state index contributed by atoms with van der Waals surface area (Å²) >= 11 is 0. The predicted octanol–water partition coefficient (Wildman–Crippen LogP) is -0.0710.